The van der Waals surface area contributed by atoms with E-state index in [9.17, 15) is 29.1 Å². The van der Waals surface area contributed by atoms with Crippen LogP contribution < -0.4 is 25.0 Å². The number of amides is 4. The number of rotatable bonds is 21. The number of likely N-dealkylation sites (tertiary alicyclic amines) is 1. The molecule has 1 aromatic heterocycles. The Hall–Kier alpha value is -5.36. The number of aliphatic hydroxyl groups excluding tert-OH is 1. The van der Waals surface area contributed by atoms with Gasteiger partial charge in [-0.15, -0.1) is 0 Å². The van der Waals surface area contributed by atoms with Gasteiger partial charge in [0.1, 0.15) is 47.8 Å². The third-order valence-electron chi connectivity index (χ3n) is 10.6. The van der Waals surface area contributed by atoms with Crippen molar-refractivity contribution in [2.24, 2.45) is 0 Å². The van der Waals surface area contributed by atoms with E-state index in [4.69, 9.17) is 44.4 Å². The molecule has 17 heteroatoms. The van der Waals surface area contributed by atoms with Crippen LogP contribution in [0.25, 0.3) is 22.3 Å². The highest BCUT2D eigenvalue weighted by Gasteiger charge is 2.44. The Morgan fingerprint density at radius 1 is 0.770 bits per heavy atom. The van der Waals surface area contributed by atoms with Crippen molar-refractivity contribution >= 4 is 46.2 Å². The second-order valence-electron chi connectivity index (χ2n) is 14.6. The summed E-state index contributed by atoms with van der Waals surface area (Å²) < 4.78 is 40.4. The van der Waals surface area contributed by atoms with Gasteiger partial charge < -0.3 is 37.9 Å². The van der Waals surface area contributed by atoms with Gasteiger partial charge in [0.15, 0.2) is 5.43 Å². The Labute approximate surface area is 356 Å². The van der Waals surface area contributed by atoms with Gasteiger partial charge in [-0.1, -0.05) is 11.6 Å². The Balaban J connectivity index is 0.777. The molecular weight excluding hydrogens is 814 g/mol. The van der Waals surface area contributed by atoms with Crippen molar-refractivity contribution < 1.29 is 57.1 Å². The predicted molar refractivity (Wildman–Crippen MR) is 221 cm³/mol. The standard InChI is InChI=1S/C44H48ClN3O13/c1-2-58-38-24-40-34(20-27(38)25-47-11-3-4-28(47)26-49)37(50)23-39(61-40)32-8-6-30(22-35(32)45)60-19-17-57-15-13-55-12-14-56-16-18-59-29-5-7-31-33(21-29)44(54)48(43(31)53)36-9-10-41(51)46-42(36)52/h5-8,20-24,28,36,49H,2-4,9-19,25-26H2,1H3,(H,46,51,52)/t28-,36?/m1/s1. The average Bonchev–Trinajstić information content (AvgIpc) is 3.80. The molecule has 2 N–H and O–H groups in total. The summed E-state index contributed by atoms with van der Waals surface area (Å²) in [5.74, 6) is -0.413. The van der Waals surface area contributed by atoms with E-state index < -0.39 is 29.7 Å². The van der Waals surface area contributed by atoms with E-state index in [1.807, 2.05) is 13.0 Å². The third kappa shape index (κ3) is 10.4. The molecule has 0 bridgehead atoms. The van der Waals surface area contributed by atoms with Crippen molar-refractivity contribution in [1.82, 2.24) is 15.1 Å². The molecular formula is C44H48ClN3O13. The van der Waals surface area contributed by atoms with Crippen molar-refractivity contribution in [3.8, 4) is 28.6 Å². The highest BCUT2D eigenvalue weighted by molar-refractivity contribution is 6.33. The van der Waals surface area contributed by atoms with Crippen LogP contribution in [0, 0.1) is 0 Å². The number of fused-ring (bicyclic) bond motifs is 2. The van der Waals surface area contributed by atoms with Gasteiger partial charge in [0.2, 0.25) is 11.8 Å². The van der Waals surface area contributed by atoms with Crippen LogP contribution in [0.5, 0.6) is 17.2 Å². The third-order valence-corrected chi connectivity index (χ3v) is 11.0. The molecule has 324 valence electrons. The fraction of sp³-hybridized carbons (Fsp3) is 0.432. The van der Waals surface area contributed by atoms with Crippen LogP contribution in [-0.2, 0) is 30.3 Å². The number of imide groups is 2. The SMILES string of the molecule is CCOc1cc2oc(-c3ccc(OCCOCCOCCOCCOc4ccc5c(c4)C(=O)N(C4CCC(=O)NC4=O)C5=O)cc3Cl)cc(=O)c2cc1CN1CCC[C@@H]1CO. The van der Waals surface area contributed by atoms with E-state index in [0.29, 0.717) is 90.8 Å². The molecule has 0 saturated carbocycles. The molecule has 7 rings (SSSR count). The molecule has 3 aliphatic rings. The van der Waals surface area contributed by atoms with Crippen LogP contribution in [0.15, 0.2) is 63.8 Å². The number of nitrogens with zero attached hydrogens (tertiary/aromatic N) is 2. The topological polar surface area (TPSA) is 193 Å². The van der Waals surface area contributed by atoms with Crippen LogP contribution in [0.3, 0.4) is 0 Å². The largest absolute Gasteiger partial charge is 0.493 e. The van der Waals surface area contributed by atoms with Gasteiger partial charge >= 0.3 is 0 Å². The number of nitrogens with one attached hydrogen (secondary N) is 1. The lowest BCUT2D eigenvalue weighted by Gasteiger charge is -2.27. The average molecular weight is 862 g/mol. The van der Waals surface area contributed by atoms with E-state index in [0.717, 1.165) is 29.8 Å². The summed E-state index contributed by atoms with van der Waals surface area (Å²) in [6, 6.07) is 13.7. The zero-order chi connectivity index (χ0) is 42.9. The van der Waals surface area contributed by atoms with Gasteiger partial charge in [-0.3, -0.25) is 39.1 Å². The van der Waals surface area contributed by atoms with Crippen molar-refractivity contribution in [3.05, 3.63) is 86.5 Å². The normalized spacial score (nSPS) is 17.9. The predicted octanol–water partition coefficient (Wildman–Crippen LogP) is 4.38. The Kier molecular flexibility index (Phi) is 14.7. The molecule has 4 aromatic rings. The number of aliphatic hydroxyl groups is 1. The van der Waals surface area contributed by atoms with Gasteiger partial charge in [0, 0.05) is 42.3 Å². The summed E-state index contributed by atoms with van der Waals surface area (Å²) >= 11 is 6.64. The fourth-order valence-corrected chi connectivity index (χ4v) is 7.87. The summed E-state index contributed by atoms with van der Waals surface area (Å²) in [5, 5.41) is 12.8. The maximum absolute atomic E-state index is 13.3. The minimum atomic E-state index is -1.03. The van der Waals surface area contributed by atoms with Crippen molar-refractivity contribution in [1.29, 1.82) is 0 Å². The van der Waals surface area contributed by atoms with Gasteiger partial charge in [-0.2, -0.15) is 0 Å². The Morgan fingerprint density at radius 2 is 1.43 bits per heavy atom. The fourth-order valence-electron chi connectivity index (χ4n) is 7.61. The van der Waals surface area contributed by atoms with Gasteiger partial charge in [-0.25, -0.2) is 0 Å². The first-order chi connectivity index (χ1) is 29.6. The second kappa shape index (κ2) is 20.5. The van der Waals surface area contributed by atoms with Crippen LogP contribution >= 0.6 is 11.6 Å². The zero-order valence-corrected chi connectivity index (χ0v) is 34.5. The Morgan fingerprint density at radius 3 is 2.08 bits per heavy atom. The highest BCUT2D eigenvalue weighted by atomic mass is 35.5. The van der Waals surface area contributed by atoms with E-state index in [1.165, 1.54) is 18.2 Å². The lowest BCUT2D eigenvalue weighted by Crippen LogP contribution is -2.54. The summed E-state index contributed by atoms with van der Waals surface area (Å²) in [7, 11) is 0. The molecule has 0 spiro atoms. The van der Waals surface area contributed by atoms with Crippen molar-refractivity contribution in [3.63, 3.8) is 0 Å². The molecule has 16 nitrogen and oxygen atoms in total. The van der Waals surface area contributed by atoms with Crippen molar-refractivity contribution in [2.45, 2.75) is 51.2 Å². The molecule has 1 unspecified atom stereocenters. The van der Waals surface area contributed by atoms with Crippen LogP contribution in [0.2, 0.25) is 5.02 Å². The minimum absolute atomic E-state index is 0.0493. The zero-order valence-electron chi connectivity index (χ0n) is 33.8. The van der Waals surface area contributed by atoms with Crippen molar-refractivity contribution in [2.75, 3.05) is 72.6 Å². The highest BCUT2D eigenvalue weighted by Crippen LogP contribution is 2.35. The van der Waals surface area contributed by atoms with Gasteiger partial charge in [0.05, 0.1) is 74.4 Å². The minimum Gasteiger partial charge on any atom is -0.493 e. The molecule has 3 aliphatic heterocycles. The molecule has 0 aliphatic carbocycles. The number of halogens is 1. The lowest BCUT2D eigenvalue weighted by atomic mass is 10.0. The quantitative estimate of drug-likeness (QED) is 0.0886. The lowest BCUT2D eigenvalue weighted by molar-refractivity contribution is -0.136. The summed E-state index contributed by atoms with van der Waals surface area (Å²) in [4.78, 5) is 66.1. The number of carbonyl (C=O) groups excluding carboxylic acids is 4. The number of hydrogen-bond acceptors (Lipinski definition) is 14. The smallest absolute Gasteiger partial charge is 0.262 e. The maximum atomic E-state index is 13.3. The second-order valence-corrected chi connectivity index (χ2v) is 15.1. The van der Waals surface area contributed by atoms with Crippen LogP contribution in [-0.4, -0.2) is 123 Å². The maximum Gasteiger partial charge on any atom is 0.262 e. The first kappa shape index (κ1) is 43.7. The summed E-state index contributed by atoms with van der Waals surface area (Å²) in [6.45, 7) is 6.29. The molecule has 4 heterocycles. The first-order valence-electron chi connectivity index (χ1n) is 20.4. The number of hydrogen-bond donors (Lipinski definition) is 2. The molecule has 4 amide bonds. The molecule has 2 fully saturated rings. The molecule has 0 radical (unpaired) electrons. The number of carbonyl (C=O) groups is 4. The van der Waals surface area contributed by atoms with Crippen LogP contribution in [0.4, 0.5) is 0 Å². The number of benzene rings is 3. The van der Waals surface area contributed by atoms with E-state index in [2.05, 4.69) is 10.2 Å². The first-order valence-corrected chi connectivity index (χ1v) is 20.8. The van der Waals surface area contributed by atoms with Crippen LogP contribution in [0.1, 0.15) is 58.9 Å². The summed E-state index contributed by atoms with van der Waals surface area (Å²) in [5.41, 5.74) is 1.92. The number of piperidine rings is 1. The van der Waals surface area contributed by atoms with E-state index in [1.54, 1.807) is 30.3 Å². The monoisotopic (exact) mass is 861 g/mol. The molecule has 61 heavy (non-hydrogen) atoms. The van der Waals surface area contributed by atoms with Gasteiger partial charge in [-0.05, 0) is 75.2 Å². The summed E-state index contributed by atoms with van der Waals surface area (Å²) in [6.07, 6.45) is 2.09. The number of ether oxygens (including phenoxy) is 6. The van der Waals surface area contributed by atoms with Gasteiger partial charge in [0.25, 0.3) is 11.8 Å². The molecule has 3 aromatic carbocycles. The molecule has 2 atom stereocenters. The molecule has 2 saturated heterocycles. The van der Waals surface area contributed by atoms with E-state index in [-0.39, 0.29) is 61.9 Å². The Bertz CT molecular complexity index is 2320. The van der Waals surface area contributed by atoms with E-state index >= 15 is 0 Å².